The third kappa shape index (κ3) is 8.71. The maximum atomic E-state index is 2.33. The van der Waals surface area contributed by atoms with Gasteiger partial charge in [0.1, 0.15) is 0 Å². The van der Waals surface area contributed by atoms with E-state index in [0.717, 1.165) is 5.66 Å². The Hall–Kier alpha value is 0.713. The van der Waals surface area contributed by atoms with Crippen LogP contribution in [-0.4, -0.2) is 26.2 Å². The molecule has 0 amide bonds. The summed E-state index contributed by atoms with van der Waals surface area (Å²) in [6.07, 6.45) is 5.89. The standard InChI is InChI=1S/C5H9P.C3H9Ge/c1-5-3-2-4-6-5;1-4(2)3/h2-3,5-6H,4H2,1H3;1-3H3/t5-;/m1./s1. The molecule has 0 bridgehead atoms. The first-order chi connectivity index (χ1) is 4.63. The van der Waals surface area contributed by atoms with Crippen LogP contribution in [0.4, 0.5) is 0 Å². The molecule has 2 heteroatoms. The second-order valence-corrected chi connectivity index (χ2v) is 11.1. The Balaban J connectivity index is 0.000000180. The Labute approximate surface area is 71.4 Å². The first-order valence-electron chi connectivity index (χ1n) is 3.79. The summed E-state index contributed by atoms with van der Waals surface area (Å²) in [6, 6.07) is 0. The first kappa shape index (κ1) is 10.7. The van der Waals surface area contributed by atoms with E-state index in [0.29, 0.717) is 0 Å². The van der Waals surface area contributed by atoms with Gasteiger partial charge in [0.25, 0.3) is 0 Å². The molecule has 0 spiro atoms. The minimum absolute atomic E-state index is 0.333. The summed E-state index contributed by atoms with van der Waals surface area (Å²) in [4.78, 5) is 0. The van der Waals surface area contributed by atoms with Crippen LogP contribution < -0.4 is 0 Å². The third-order valence-electron chi connectivity index (χ3n) is 0.982. The summed E-state index contributed by atoms with van der Waals surface area (Å²) < 4.78 is 0. The van der Waals surface area contributed by atoms with Crippen LogP contribution in [0.1, 0.15) is 6.92 Å². The first-order valence-corrected chi connectivity index (χ1v) is 11.4. The predicted octanol–water partition coefficient (Wildman–Crippen LogP) is 2.99. The van der Waals surface area contributed by atoms with Crippen molar-refractivity contribution in [3.63, 3.8) is 0 Å². The molecular formula is C8H18GeP. The molecule has 0 aromatic rings. The van der Waals surface area contributed by atoms with Crippen LogP contribution in [0.25, 0.3) is 0 Å². The summed E-state index contributed by atoms with van der Waals surface area (Å²) >= 11 is -0.333. The fourth-order valence-corrected chi connectivity index (χ4v) is 1.51. The zero-order chi connectivity index (χ0) is 7.98. The Morgan fingerprint density at radius 2 is 1.90 bits per heavy atom. The quantitative estimate of drug-likeness (QED) is 0.333. The summed E-state index contributed by atoms with van der Waals surface area (Å²) in [6.45, 7) is 2.27. The summed E-state index contributed by atoms with van der Waals surface area (Å²) in [5, 5.41) is 0. The SMILES string of the molecule is C[C@@H]1C=CCP1.[CH3][Ge]([CH3])[CH3]. The fraction of sp³-hybridized carbons (Fsp3) is 0.750. The van der Waals surface area contributed by atoms with E-state index >= 15 is 0 Å². The predicted molar refractivity (Wildman–Crippen MR) is 55.1 cm³/mol. The van der Waals surface area contributed by atoms with E-state index in [9.17, 15) is 0 Å². The van der Waals surface area contributed by atoms with Gasteiger partial charge in [0, 0.05) is 0 Å². The average molecular weight is 218 g/mol. The Kier molecular flexibility index (Phi) is 6.88. The number of rotatable bonds is 0. The fourth-order valence-electron chi connectivity index (χ4n) is 0.594. The number of hydrogen-bond acceptors (Lipinski definition) is 0. The van der Waals surface area contributed by atoms with Crippen LogP contribution in [0.5, 0.6) is 0 Å². The summed E-state index contributed by atoms with van der Waals surface area (Å²) in [5.41, 5.74) is 0.894. The van der Waals surface area contributed by atoms with E-state index in [1.54, 1.807) is 0 Å². The second kappa shape index (κ2) is 6.42. The molecule has 1 heterocycles. The van der Waals surface area contributed by atoms with Gasteiger partial charge < -0.3 is 0 Å². The number of hydrogen-bond donors (Lipinski definition) is 0. The van der Waals surface area contributed by atoms with Crippen LogP contribution >= 0.6 is 8.58 Å². The van der Waals surface area contributed by atoms with Crippen molar-refractivity contribution in [3.8, 4) is 0 Å². The molecule has 0 aromatic heterocycles. The van der Waals surface area contributed by atoms with Gasteiger partial charge in [0.15, 0.2) is 0 Å². The summed E-state index contributed by atoms with van der Waals surface area (Å²) in [7, 11) is 1.17. The normalized spacial score (nSPS) is 25.1. The molecule has 1 radical (unpaired) electrons. The van der Waals surface area contributed by atoms with Crippen molar-refractivity contribution in [2.24, 2.45) is 0 Å². The molecule has 0 aliphatic carbocycles. The maximum absolute atomic E-state index is 2.33. The molecule has 1 aliphatic heterocycles. The van der Waals surface area contributed by atoms with Gasteiger partial charge in [-0.15, -0.1) is 8.58 Å². The van der Waals surface area contributed by atoms with Crippen molar-refractivity contribution in [1.29, 1.82) is 0 Å². The van der Waals surface area contributed by atoms with Gasteiger partial charge in [-0.1, -0.05) is 19.1 Å². The molecule has 0 N–H and O–H groups in total. The topological polar surface area (TPSA) is 0 Å². The van der Waals surface area contributed by atoms with Crippen LogP contribution in [-0.2, 0) is 0 Å². The zero-order valence-corrected chi connectivity index (χ0v) is 10.5. The van der Waals surface area contributed by atoms with E-state index in [1.165, 1.54) is 14.7 Å². The van der Waals surface area contributed by atoms with Crippen molar-refractivity contribution in [2.45, 2.75) is 29.9 Å². The van der Waals surface area contributed by atoms with Gasteiger partial charge >= 0.3 is 31.6 Å². The molecule has 1 unspecified atom stereocenters. The Bertz CT molecular complexity index is 96.7. The molecule has 0 fully saturated rings. The van der Waals surface area contributed by atoms with Crippen molar-refractivity contribution >= 4 is 22.9 Å². The van der Waals surface area contributed by atoms with Crippen LogP contribution in [0.2, 0.25) is 17.3 Å². The molecule has 59 valence electrons. The van der Waals surface area contributed by atoms with Gasteiger partial charge in [0.2, 0.25) is 0 Å². The molecule has 2 atom stereocenters. The van der Waals surface area contributed by atoms with E-state index < -0.39 is 0 Å². The average Bonchev–Trinajstić information content (AvgIpc) is 2.15. The Morgan fingerprint density at radius 1 is 1.40 bits per heavy atom. The van der Waals surface area contributed by atoms with Gasteiger partial charge in [-0.05, 0) is 11.8 Å². The zero-order valence-electron chi connectivity index (χ0n) is 7.44. The monoisotopic (exact) mass is 219 g/mol. The third-order valence-corrected chi connectivity index (χ3v) is 2.29. The summed E-state index contributed by atoms with van der Waals surface area (Å²) in [5.74, 6) is 7.00. The van der Waals surface area contributed by atoms with Crippen molar-refractivity contribution in [3.05, 3.63) is 12.2 Å². The molecule has 0 nitrogen and oxygen atoms in total. The molecular weight excluding hydrogens is 200 g/mol. The van der Waals surface area contributed by atoms with Gasteiger partial charge in [-0.25, -0.2) is 0 Å². The van der Waals surface area contributed by atoms with Crippen LogP contribution in [0, 0.1) is 0 Å². The van der Waals surface area contributed by atoms with Gasteiger partial charge in [-0.3, -0.25) is 0 Å². The van der Waals surface area contributed by atoms with Gasteiger partial charge in [0.05, 0.1) is 0 Å². The van der Waals surface area contributed by atoms with Crippen molar-refractivity contribution < 1.29 is 0 Å². The van der Waals surface area contributed by atoms with Crippen molar-refractivity contribution in [2.75, 3.05) is 6.16 Å². The molecule has 1 aliphatic rings. The molecule has 1 rings (SSSR count). The Morgan fingerprint density at radius 3 is 2.00 bits per heavy atom. The van der Waals surface area contributed by atoms with E-state index in [2.05, 4.69) is 36.3 Å². The molecule has 0 aromatic carbocycles. The van der Waals surface area contributed by atoms with Gasteiger partial charge in [-0.2, -0.15) is 0 Å². The van der Waals surface area contributed by atoms with Crippen LogP contribution in [0.15, 0.2) is 12.2 Å². The number of allylic oxidation sites excluding steroid dienone is 2. The molecule has 0 saturated heterocycles. The van der Waals surface area contributed by atoms with Crippen LogP contribution in [0.3, 0.4) is 0 Å². The second-order valence-electron chi connectivity index (χ2n) is 3.13. The molecule has 10 heavy (non-hydrogen) atoms. The molecule has 0 saturated carbocycles. The van der Waals surface area contributed by atoms with E-state index in [4.69, 9.17) is 0 Å². The minimum atomic E-state index is -0.333. The van der Waals surface area contributed by atoms with Crippen molar-refractivity contribution in [1.82, 2.24) is 0 Å². The van der Waals surface area contributed by atoms with E-state index in [-0.39, 0.29) is 14.3 Å². The van der Waals surface area contributed by atoms with E-state index in [1.807, 2.05) is 0 Å².